The lowest BCUT2D eigenvalue weighted by atomic mass is 10.3. The van der Waals surface area contributed by atoms with E-state index in [0.717, 1.165) is 18.7 Å². The van der Waals surface area contributed by atoms with E-state index in [2.05, 4.69) is 15.2 Å². The molecule has 1 saturated heterocycles. The van der Waals surface area contributed by atoms with Crippen molar-refractivity contribution in [1.82, 2.24) is 20.1 Å². The Kier molecular flexibility index (Phi) is 5.06. The van der Waals surface area contributed by atoms with Crippen LogP contribution in [-0.2, 0) is 16.1 Å². The zero-order valence-corrected chi connectivity index (χ0v) is 11.7. The monoisotopic (exact) mass is 276 g/mol. The van der Waals surface area contributed by atoms with Crippen molar-refractivity contribution in [3.05, 3.63) is 30.1 Å². The molecule has 1 aliphatic rings. The van der Waals surface area contributed by atoms with Gasteiger partial charge in [0.15, 0.2) is 0 Å². The van der Waals surface area contributed by atoms with E-state index in [0.29, 0.717) is 26.2 Å². The average Bonchev–Trinajstić information content (AvgIpc) is 2.47. The molecule has 0 aliphatic carbocycles. The van der Waals surface area contributed by atoms with E-state index in [1.807, 2.05) is 17.0 Å². The molecule has 1 aromatic heterocycles. The first kappa shape index (κ1) is 14.5. The largest absolute Gasteiger partial charge is 0.351 e. The van der Waals surface area contributed by atoms with Crippen molar-refractivity contribution in [3.63, 3.8) is 0 Å². The van der Waals surface area contributed by atoms with Gasteiger partial charge in [0, 0.05) is 52.0 Å². The van der Waals surface area contributed by atoms with Crippen molar-refractivity contribution in [2.24, 2.45) is 0 Å². The molecule has 0 aromatic carbocycles. The van der Waals surface area contributed by atoms with Gasteiger partial charge in [0.25, 0.3) is 0 Å². The van der Waals surface area contributed by atoms with Crippen LogP contribution in [-0.4, -0.2) is 59.3 Å². The van der Waals surface area contributed by atoms with Crippen molar-refractivity contribution in [3.8, 4) is 0 Å². The first-order chi connectivity index (χ1) is 9.65. The molecule has 0 spiro atoms. The molecule has 2 amide bonds. The lowest BCUT2D eigenvalue weighted by Gasteiger charge is -2.33. The minimum absolute atomic E-state index is 0.00475. The van der Waals surface area contributed by atoms with E-state index < -0.39 is 0 Å². The first-order valence-corrected chi connectivity index (χ1v) is 6.78. The van der Waals surface area contributed by atoms with Crippen LogP contribution in [0.5, 0.6) is 0 Å². The van der Waals surface area contributed by atoms with Gasteiger partial charge in [0.1, 0.15) is 0 Å². The minimum Gasteiger partial charge on any atom is -0.351 e. The highest BCUT2D eigenvalue weighted by Gasteiger charge is 2.19. The van der Waals surface area contributed by atoms with Gasteiger partial charge in [-0.1, -0.05) is 6.07 Å². The van der Waals surface area contributed by atoms with Crippen molar-refractivity contribution in [1.29, 1.82) is 0 Å². The molecule has 2 heterocycles. The lowest BCUT2D eigenvalue weighted by Crippen LogP contribution is -2.50. The summed E-state index contributed by atoms with van der Waals surface area (Å²) in [5.41, 5.74) is 0.988. The van der Waals surface area contributed by atoms with E-state index in [-0.39, 0.29) is 11.8 Å². The second-order valence-corrected chi connectivity index (χ2v) is 4.92. The fourth-order valence-electron chi connectivity index (χ4n) is 2.18. The molecule has 1 N–H and O–H groups in total. The van der Waals surface area contributed by atoms with E-state index in [1.165, 1.54) is 0 Å². The number of carbonyl (C=O) groups is 2. The zero-order chi connectivity index (χ0) is 14.4. The Morgan fingerprint density at radius 1 is 1.30 bits per heavy atom. The van der Waals surface area contributed by atoms with Crippen molar-refractivity contribution in [2.75, 3.05) is 32.7 Å². The number of piperazine rings is 1. The summed E-state index contributed by atoms with van der Waals surface area (Å²) in [5.74, 6) is 0.107. The topological polar surface area (TPSA) is 65.5 Å². The van der Waals surface area contributed by atoms with Crippen LogP contribution < -0.4 is 5.32 Å². The number of carbonyl (C=O) groups excluding carboxylic acids is 2. The highest BCUT2D eigenvalue weighted by atomic mass is 16.2. The Labute approximate surface area is 118 Å². The Hall–Kier alpha value is -1.95. The fraction of sp³-hybridized carbons (Fsp3) is 0.500. The van der Waals surface area contributed by atoms with Gasteiger partial charge < -0.3 is 10.2 Å². The highest BCUT2D eigenvalue weighted by Crippen LogP contribution is 2.01. The van der Waals surface area contributed by atoms with Crippen LogP contribution in [0.4, 0.5) is 0 Å². The van der Waals surface area contributed by atoms with Gasteiger partial charge in [-0.15, -0.1) is 0 Å². The molecule has 0 unspecified atom stereocenters. The molecule has 1 aliphatic heterocycles. The number of aromatic nitrogens is 1. The second kappa shape index (κ2) is 7.00. The fourth-order valence-corrected chi connectivity index (χ4v) is 2.18. The highest BCUT2D eigenvalue weighted by molar-refractivity contribution is 5.78. The maximum absolute atomic E-state index is 11.8. The number of amides is 2. The number of pyridine rings is 1. The molecular weight excluding hydrogens is 256 g/mol. The zero-order valence-electron chi connectivity index (χ0n) is 11.7. The standard InChI is InChI=1S/C14H20N4O2/c1-12(19)18-7-5-17(6-8-18)11-14(20)16-10-13-3-2-4-15-9-13/h2-4,9H,5-8,10-11H2,1H3,(H,16,20). The van der Waals surface area contributed by atoms with Crippen LogP contribution >= 0.6 is 0 Å². The maximum Gasteiger partial charge on any atom is 0.234 e. The van der Waals surface area contributed by atoms with Crippen molar-refractivity contribution in [2.45, 2.75) is 13.5 Å². The first-order valence-electron chi connectivity index (χ1n) is 6.78. The molecule has 2 rings (SSSR count). The number of hydrogen-bond donors (Lipinski definition) is 1. The Morgan fingerprint density at radius 3 is 2.65 bits per heavy atom. The van der Waals surface area contributed by atoms with Gasteiger partial charge >= 0.3 is 0 Å². The van der Waals surface area contributed by atoms with Gasteiger partial charge in [-0.3, -0.25) is 19.5 Å². The number of nitrogens with zero attached hydrogens (tertiary/aromatic N) is 3. The third-order valence-electron chi connectivity index (χ3n) is 3.40. The molecule has 0 bridgehead atoms. The summed E-state index contributed by atoms with van der Waals surface area (Å²) in [7, 11) is 0. The molecule has 20 heavy (non-hydrogen) atoms. The molecule has 1 fully saturated rings. The maximum atomic E-state index is 11.8. The normalized spacial score (nSPS) is 15.9. The molecule has 108 valence electrons. The summed E-state index contributed by atoms with van der Waals surface area (Å²) >= 11 is 0. The van der Waals surface area contributed by atoms with Crippen LogP contribution in [0.2, 0.25) is 0 Å². The molecule has 0 saturated carbocycles. The van der Waals surface area contributed by atoms with Crippen LogP contribution in [0.25, 0.3) is 0 Å². The predicted molar refractivity (Wildman–Crippen MR) is 74.8 cm³/mol. The molecule has 1 aromatic rings. The van der Waals surface area contributed by atoms with Crippen LogP contribution in [0.1, 0.15) is 12.5 Å². The number of rotatable bonds is 4. The van der Waals surface area contributed by atoms with E-state index in [9.17, 15) is 9.59 Å². The molecule has 0 atom stereocenters. The molecule has 6 heteroatoms. The third-order valence-corrected chi connectivity index (χ3v) is 3.40. The average molecular weight is 276 g/mol. The summed E-state index contributed by atoms with van der Waals surface area (Å²) < 4.78 is 0. The van der Waals surface area contributed by atoms with Gasteiger partial charge in [0.2, 0.25) is 11.8 Å². The Morgan fingerprint density at radius 2 is 2.05 bits per heavy atom. The van der Waals surface area contributed by atoms with E-state index in [1.54, 1.807) is 19.3 Å². The van der Waals surface area contributed by atoms with E-state index >= 15 is 0 Å². The molecular formula is C14H20N4O2. The number of hydrogen-bond acceptors (Lipinski definition) is 4. The third kappa shape index (κ3) is 4.31. The summed E-state index contributed by atoms with van der Waals surface area (Å²) in [6, 6.07) is 3.78. The number of nitrogens with one attached hydrogen (secondary N) is 1. The minimum atomic E-state index is 0.00475. The van der Waals surface area contributed by atoms with Crippen molar-refractivity contribution >= 4 is 11.8 Å². The smallest absolute Gasteiger partial charge is 0.234 e. The Balaban J connectivity index is 1.69. The Bertz CT molecular complexity index is 456. The lowest BCUT2D eigenvalue weighted by molar-refractivity contribution is -0.131. The molecule has 6 nitrogen and oxygen atoms in total. The van der Waals surface area contributed by atoms with E-state index in [4.69, 9.17) is 0 Å². The molecule has 0 radical (unpaired) electrons. The van der Waals surface area contributed by atoms with Crippen LogP contribution in [0.3, 0.4) is 0 Å². The summed E-state index contributed by atoms with van der Waals surface area (Å²) in [6.45, 7) is 5.36. The van der Waals surface area contributed by atoms with Gasteiger partial charge in [-0.25, -0.2) is 0 Å². The summed E-state index contributed by atoms with van der Waals surface area (Å²) in [6.07, 6.45) is 3.45. The SMILES string of the molecule is CC(=O)N1CCN(CC(=O)NCc2cccnc2)CC1. The van der Waals surface area contributed by atoms with Gasteiger partial charge in [-0.05, 0) is 11.6 Å². The van der Waals surface area contributed by atoms with Crippen LogP contribution in [0, 0.1) is 0 Å². The quantitative estimate of drug-likeness (QED) is 0.831. The predicted octanol–water partition coefficient (Wildman–Crippen LogP) is -0.138. The second-order valence-electron chi connectivity index (χ2n) is 4.92. The van der Waals surface area contributed by atoms with Gasteiger partial charge in [-0.2, -0.15) is 0 Å². The summed E-state index contributed by atoms with van der Waals surface area (Å²) in [5, 5.41) is 2.88. The van der Waals surface area contributed by atoms with Crippen LogP contribution in [0.15, 0.2) is 24.5 Å². The van der Waals surface area contributed by atoms with Gasteiger partial charge in [0.05, 0.1) is 6.54 Å². The van der Waals surface area contributed by atoms with Crippen molar-refractivity contribution < 1.29 is 9.59 Å². The summed E-state index contributed by atoms with van der Waals surface area (Å²) in [4.78, 5) is 30.9.